The molecule has 0 spiro atoms. The Morgan fingerprint density at radius 1 is 1.18 bits per heavy atom. The molecule has 5 nitrogen and oxygen atoms in total. The summed E-state index contributed by atoms with van der Waals surface area (Å²) in [7, 11) is 0. The summed E-state index contributed by atoms with van der Waals surface area (Å²) in [6, 6.07) is 6.31. The van der Waals surface area contributed by atoms with Crippen molar-refractivity contribution >= 4 is 31.4 Å². The van der Waals surface area contributed by atoms with Crippen molar-refractivity contribution in [3.05, 3.63) is 36.4 Å². The zero-order valence-corrected chi connectivity index (χ0v) is 13.4. The van der Waals surface area contributed by atoms with E-state index in [0.29, 0.717) is 15.7 Å². The molecule has 0 radical (unpaired) electrons. The fourth-order valence-electron chi connectivity index (χ4n) is 2.05. The summed E-state index contributed by atoms with van der Waals surface area (Å²) in [5.74, 6) is -1.25. The summed E-state index contributed by atoms with van der Waals surface area (Å²) in [5, 5.41) is 9.89. The molecule has 114 valence electrons. The molecule has 3 aromatic rings. The van der Waals surface area contributed by atoms with Gasteiger partial charge in [0.1, 0.15) is 0 Å². The number of hydrogen-bond donors (Lipinski definition) is 1. The number of benzene rings is 1. The van der Waals surface area contributed by atoms with Crippen molar-refractivity contribution < 1.29 is 18.3 Å². The van der Waals surface area contributed by atoms with Crippen LogP contribution in [0.5, 0.6) is 5.75 Å². The summed E-state index contributed by atoms with van der Waals surface area (Å²) in [4.78, 5) is 11.3. The van der Waals surface area contributed by atoms with Crippen LogP contribution in [0.15, 0.2) is 30.6 Å². The van der Waals surface area contributed by atoms with E-state index in [2.05, 4.69) is 15.0 Å². The van der Waals surface area contributed by atoms with Crippen molar-refractivity contribution in [2.24, 2.45) is 0 Å². The Kier molecular flexibility index (Phi) is 3.56. The Morgan fingerprint density at radius 3 is 2.55 bits per heavy atom. The molecule has 9 heteroatoms. The van der Waals surface area contributed by atoms with Crippen LogP contribution in [0, 0.1) is 0 Å². The number of fused-ring (bicyclic) bond motifs is 1. The fourth-order valence-corrected chi connectivity index (χ4v) is 3.37. The number of alkyl halides is 3. The first-order chi connectivity index (χ1) is 10.4. The second-order valence-electron chi connectivity index (χ2n) is 4.42. The molecule has 0 bridgehead atoms. The summed E-state index contributed by atoms with van der Waals surface area (Å²) in [6.07, 6.45) is -3.28. The summed E-state index contributed by atoms with van der Waals surface area (Å²) in [5.41, 5.74) is 2.53. The van der Waals surface area contributed by atoms with Gasteiger partial charge in [0, 0.05) is 0 Å². The maximum atomic E-state index is 13.0. The standard InChI is InChI=1S/C13H10AsF3N4O/c1-14-10-9-11(20-12(19-10)13(15,16)17)21(6-18-9)7-4-2-3-5-8(7)22/h2-6,14,22H,1H3. The predicted octanol–water partition coefficient (Wildman–Crippen LogP) is 1.65. The minimum absolute atomic E-state index is 0.0458. The van der Waals surface area contributed by atoms with E-state index >= 15 is 0 Å². The molecule has 1 aromatic carbocycles. The fraction of sp³-hybridized carbons (Fsp3) is 0.154. The molecular weight excluding hydrogens is 360 g/mol. The van der Waals surface area contributed by atoms with Crippen LogP contribution in [0.1, 0.15) is 5.82 Å². The van der Waals surface area contributed by atoms with Crippen LogP contribution >= 0.6 is 0 Å². The number of rotatable bonds is 2. The van der Waals surface area contributed by atoms with Crippen LogP contribution in [0.2, 0.25) is 5.71 Å². The van der Waals surface area contributed by atoms with E-state index in [9.17, 15) is 18.3 Å². The second kappa shape index (κ2) is 5.28. The third-order valence-corrected chi connectivity index (χ3v) is 4.75. The van der Waals surface area contributed by atoms with Gasteiger partial charge in [-0.1, -0.05) is 0 Å². The summed E-state index contributed by atoms with van der Waals surface area (Å²) >= 11 is -0.849. The van der Waals surface area contributed by atoms with Crippen molar-refractivity contribution in [2.45, 2.75) is 11.9 Å². The number of halogens is 3. The number of hydrogen-bond acceptors (Lipinski definition) is 4. The van der Waals surface area contributed by atoms with Gasteiger partial charge in [-0.15, -0.1) is 0 Å². The van der Waals surface area contributed by atoms with Crippen LogP contribution in [-0.4, -0.2) is 40.4 Å². The Labute approximate surface area is 129 Å². The normalized spacial score (nSPS) is 12.5. The second-order valence-corrected chi connectivity index (χ2v) is 6.46. The molecule has 1 unspecified atom stereocenters. The van der Waals surface area contributed by atoms with Gasteiger partial charge in [0.15, 0.2) is 0 Å². The number of aromatic nitrogens is 4. The van der Waals surface area contributed by atoms with E-state index in [1.165, 1.54) is 17.0 Å². The summed E-state index contributed by atoms with van der Waals surface area (Å²) in [6.45, 7) is 0. The Morgan fingerprint density at radius 2 is 1.91 bits per heavy atom. The molecule has 0 saturated carbocycles. The maximum absolute atomic E-state index is 13.0. The predicted molar refractivity (Wildman–Crippen MR) is 76.0 cm³/mol. The third-order valence-electron chi connectivity index (χ3n) is 3.03. The number of imidazole rings is 1. The van der Waals surface area contributed by atoms with E-state index in [0.717, 1.165) is 0 Å². The van der Waals surface area contributed by atoms with Crippen LogP contribution < -0.4 is 4.48 Å². The molecule has 0 amide bonds. The first kappa shape index (κ1) is 14.8. The monoisotopic (exact) mass is 370 g/mol. The van der Waals surface area contributed by atoms with Gasteiger partial charge in [0.2, 0.25) is 0 Å². The molecule has 0 fully saturated rings. The average Bonchev–Trinajstić information content (AvgIpc) is 2.89. The van der Waals surface area contributed by atoms with E-state index in [4.69, 9.17) is 0 Å². The SMILES string of the molecule is C[AsH]c1nc(C(F)(F)F)nc2c1ncn2-c1ccccc1O. The molecule has 2 heterocycles. The zero-order valence-electron chi connectivity index (χ0n) is 11.3. The minimum atomic E-state index is -4.63. The molecule has 0 aliphatic heterocycles. The van der Waals surface area contributed by atoms with E-state index < -0.39 is 27.8 Å². The molecule has 0 aliphatic rings. The first-order valence-corrected chi connectivity index (χ1v) is 9.35. The Hall–Kier alpha value is -2.08. The van der Waals surface area contributed by atoms with Gasteiger partial charge in [-0.05, 0) is 0 Å². The van der Waals surface area contributed by atoms with E-state index in [1.807, 2.05) is 5.71 Å². The van der Waals surface area contributed by atoms with E-state index in [-0.39, 0.29) is 11.4 Å². The van der Waals surface area contributed by atoms with Crippen molar-refractivity contribution in [1.82, 2.24) is 19.5 Å². The van der Waals surface area contributed by atoms with Crippen molar-refractivity contribution in [2.75, 3.05) is 0 Å². The van der Waals surface area contributed by atoms with Crippen LogP contribution in [0.25, 0.3) is 16.9 Å². The molecule has 0 saturated heterocycles. The first-order valence-electron chi connectivity index (χ1n) is 6.20. The quantitative estimate of drug-likeness (QED) is 0.697. The number of phenols is 1. The molecule has 3 rings (SSSR count). The molecule has 22 heavy (non-hydrogen) atoms. The van der Waals surface area contributed by atoms with Crippen LogP contribution in [0.3, 0.4) is 0 Å². The Bertz CT molecular complexity index is 847. The molecule has 2 aromatic heterocycles. The van der Waals surface area contributed by atoms with Gasteiger partial charge in [0.05, 0.1) is 0 Å². The third kappa shape index (κ3) is 2.43. The zero-order chi connectivity index (χ0) is 15.9. The van der Waals surface area contributed by atoms with Crippen molar-refractivity contribution in [3.8, 4) is 11.4 Å². The van der Waals surface area contributed by atoms with E-state index in [1.54, 1.807) is 18.2 Å². The van der Waals surface area contributed by atoms with Gasteiger partial charge >= 0.3 is 129 Å². The molecule has 0 aliphatic carbocycles. The number of nitrogens with zero attached hydrogens (tertiary/aromatic N) is 4. The van der Waals surface area contributed by atoms with Gasteiger partial charge < -0.3 is 0 Å². The van der Waals surface area contributed by atoms with Gasteiger partial charge in [-0.2, -0.15) is 0 Å². The molecule has 1 atom stereocenters. The van der Waals surface area contributed by atoms with Gasteiger partial charge in [-0.25, -0.2) is 0 Å². The summed E-state index contributed by atoms with van der Waals surface area (Å²) < 4.78 is 40.6. The van der Waals surface area contributed by atoms with Gasteiger partial charge in [-0.3, -0.25) is 0 Å². The number of phenolic OH excluding ortho intramolecular Hbond substituents is 1. The average molecular weight is 370 g/mol. The molecule has 1 N–H and O–H groups in total. The topological polar surface area (TPSA) is 63.8 Å². The Balaban J connectivity index is 2.32. The number of para-hydroxylation sites is 2. The van der Waals surface area contributed by atoms with Crippen LogP contribution in [0.4, 0.5) is 13.2 Å². The molecular formula is C13H10AsF3N4O. The van der Waals surface area contributed by atoms with Crippen molar-refractivity contribution in [1.29, 1.82) is 0 Å². The van der Waals surface area contributed by atoms with Crippen molar-refractivity contribution in [3.63, 3.8) is 0 Å². The van der Waals surface area contributed by atoms with Crippen LogP contribution in [-0.2, 0) is 6.18 Å². The number of aromatic hydroxyl groups is 1. The van der Waals surface area contributed by atoms with Gasteiger partial charge in [0.25, 0.3) is 0 Å².